The zero-order valence-corrected chi connectivity index (χ0v) is 10.1. The first kappa shape index (κ1) is 13.2. The first-order chi connectivity index (χ1) is 7.83. The van der Waals surface area contributed by atoms with Crippen molar-refractivity contribution in [2.75, 3.05) is 20.2 Å². The monoisotopic (exact) mass is 224 g/mol. The highest BCUT2D eigenvalue weighted by molar-refractivity contribution is 5.20. The van der Waals surface area contributed by atoms with Gasteiger partial charge in [-0.2, -0.15) is 0 Å². The fourth-order valence-electron chi connectivity index (χ4n) is 1.20. The third kappa shape index (κ3) is 5.85. The van der Waals surface area contributed by atoms with Crippen LogP contribution in [0, 0.1) is 6.92 Å². The lowest BCUT2D eigenvalue weighted by Gasteiger charge is -2.06. The van der Waals surface area contributed by atoms with Gasteiger partial charge in [-0.1, -0.05) is 36.8 Å². The zero-order chi connectivity index (χ0) is 11.6. The summed E-state index contributed by atoms with van der Waals surface area (Å²) in [7, 11) is 0. The van der Waals surface area contributed by atoms with Gasteiger partial charge >= 0.3 is 0 Å². The van der Waals surface area contributed by atoms with Crippen molar-refractivity contribution in [2.24, 2.45) is 0 Å². The van der Waals surface area contributed by atoms with Crippen molar-refractivity contribution >= 4 is 0 Å². The summed E-state index contributed by atoms with van der Waals surface area (Å²) in [6.45, 7) is 6.03. The quantitative estimate of drug-likeness (QED) is 0.502. The average Bonchev–Trinajstić information content (AvgIpc) is 2.30. The molecule has 3 heteroatoms. The number of rotatable bonds is 8. The van der Waals surface area contributed by atoms with Gasteiger partial charge in [-0.3, -0.25) is 0 Å². The molecule has 0 bridgehead atoms. The van der Waals surface area contributed by atoms with Gasteiger partial charge in [-0.15, -0.1) is 0 Å². The lowest BCUT2D eigenvalue weighted by Crippen LogP contribution is -2.05. The summed E-state index contributed by atoms with van der Waals surface area (Å²) in [5, 5.41) is 0. The normalized spacial score (nSPS) is 10.6. The summed E-state index contributed by atoms with van der Waals surface area (Å²) in [4.78, 5) is 0. The molecule has 3 nitrogen and oxygen atoms in total. The van der Waals surface area contributed by atoms with E-state index in [1.807, 2.05) is 0 Å². The van der Waals surface area contributed by atoms with Crippen LogP contribution in [0.1, 0.15) is 24.5 Å². The number of hydrogen-bond acceptors (Lipinski definition) is 3. The maximum Gasteiger partial charge on any atom is 0.150 e. The highest BCUT2D eigenvalue weighted by atomic mass is 16.7. The molecule has 0 radical (unpaired) electrons. The number of aryl methyl sites for hydroxylation is 1. The standard InChI is InChI=1S/C13H20O3/c1-3-8-14-10-16-11-15-9-13-6-4-12(2)5-7-13/h4-7H,3,8-11H2,1-2H3. The van der Waals surface area contributed by atoms with Gasteiger partial charge in [-0.05, 0) is 18.9 Å². The van der Waals surface area contributed by atoms with Crippen LogP contribution in [0.3, 0.4) is 0 Å². The molecule has 16 heavy (non-hydrogen) atoms. The molecule has 0 spiro atoms. The van der Waals surface area contributed by atoms with Crippen LogP contribution in [0.15, 0.2) is 24.3 Å². The number of hydrogen-bond donors (Lipinski definition) is 0. The molecule has 0 aromatic heterocycles. The van der Waals surface area contributed by atoms with Crippen molar-refractivity contribution in [3.05, 3.63) is 35.4 Å². The maximum absolute atomic E-state index is 5.34. The van der Waals surface area contributed by atoms with Gasteiger partial charge < -0.3 is 14.2 Å². The summed E-state index contributed by atoms with van der Waals surface area (Å²) in [5.41, 5.74) is 2.41. The lowest BCUT2D eigenvalue weighted by molar-refractivity contribution is -0.135. The third-order valence-corrected chi connectivity index (χ3v) is 2.07. The summed E-state index contributed by atoms with van der Waals surface area (Å²) < 4.78 is 15.6. The minimum absolute atomic E-state index is 0.275. The molecule has 1 rings (SSSR count). The van der Waals surface area contributed by atoms with E-state index in [2.05, 4.69) is 38.1 Å². The topological polar surface area (TPSA) is 27.7 Å². The van der Waals surface area contributed by atoms with Gasteiger partial charge in [-0.25, -0.2) is 0 Å². The molecule has 0 N–H and O–H groups in total. The molecular formula is C13H20O3. The fraction of sp³-hybridized carbons (Fsp3) is 0.538. The van der Waals surface area contributed by atoms with E-state index in [1.54, 1.807) is 0 Å². The molecule has 0 saturated heterocycles. The van der Waals surface area contributed by atoms with E-state index < -0.39 is 0 Å². The minimum Gasteiger partial charge on any atom is -0.355 e. The van der Waals surface area contributed by atoms with Crippen LogP contribution in [0.25, 0.3) is 0 Å². The van der Waals surface area contributed by atoms with Gasteiger partial charge in [0.1, 0.15) is 13.6 Å². The minimum atomic E-state index is 0.275. The third-order valence-electron chi connectivity index (χ3n) is 2.07. The molecule has 0 amide bonds. The first-order valence-electron chi connectivity index (χ1n) is 5.61. The highest BCUT2D eigenvalue weighted by Crippen LogP contribution is 2.04. The first-order valence-corrected chi connectivity index (χ1v) is 5.61. The Balaban J connectivity index is 2.01. The largest absolute Gasteiger partial charge is 0.355 e. The predicted octanol–water partition coefficient (Wildman–Crippen LogP) is 2.87. The average molecular weight is 224 g/mol. The van der Waals surface area contributed by atoms with Crippen LogP contribution < -0.4 is 0 Å². The Morgan fingerprint density at radius 3 is 2.31 bits per heavy atom. The van der Waals surface area contributed by atoms with Crippen molar-refractivity contribution in [1.82, 2.24) is 0 Å². The molecule has 1 aromatic carbocycles. The van der Waals surface area contributed by atoms with Crippen molar-refractivity contribution in [3.8, 4) is 0 Å². The highest BCUT2D eigenvalue weighted by Gasteiger charge is 1.93. The zero-order valence-electron chi connectivity index (χ0n) is 10.1. The smallest absolute Gasteiger partial charge is 0.150 e. The molecule has 0 aliphatic rings. The van der Waals surface area contributed by atoms with Crippen LogP contribution in [0.2, 0.25) is 0 Å². The Morgan fingerprint density at radius 1 is 0.938 bits per heavy atom. The van der Waals surface area contributed by atoms with Crippen LogP contribution in [-0.4, -0.2) is 20.2 Å². The molecule has 0 fully saturated rings. The van der Waals surface area contributed by atoms with E-state index in [0.717, 1.165) is 18.6 Å². The van der Waals surface area contributed by atoms with E-state index in [0.29, 0.717) is 13.4 Å². The van der Waals surface area contributed by atoms with Gasteiger partial charge in [0.15, 0.2) is 0 Å². The fourth-order valence-corrected chi connectivity index (χ4v) is 1.20. The molecule has 0 aliphatic carbocycles. The van der Waals surface area contributed by atoms with Gasteiger partial charge in [0.25, 0.3) is 0 Å². The van der Waals surface area contributed by atoms with Gasteiger partial charge in [0.2, 0.25) is 0 Å². The molecule has 1 aromatic rings. The predicted molar refractivity (Wildman–Crippen MR) is 63.0 cm³/mol. The van der Waals surface area contributed by atoms with E-state index in [1.165, 1.54) is 5.56 Å². The van der Waals surface area contributed by atoms with Crippen molar-refractivity contribution in [1.29, 1.82) is 0 Å². The Kier molecular flexibility index (Phi) is 6.81. The van der Waals surface area contributed by atoms with Crippen molar-refractivity contribution in [3.63, 3.8) is 0 Å². The summed E-state index contributed by atoms with van der Waals surface area (Å²) in [6.07, 6.45) is 1.01. The van der Waals surface area contributed by atoms with Gasteiger partial charge in [0, 0.05) is 6.61 Å². The van der Waals surface area contributed by atoms with E-state index in [9.17, 15) is 0 Å². The molecule has 0 atom stereocenters. The van der Waals surface area contributed by atoms with Crippen molar-refractivity contribution < 1.29 is 14.2 Å². The summed E-state index contributed by atoms with van der Waals surface area (Å²) >= 11 is 0. The molecular weight excluding hydrogens is 204 g/mol. The molecule has 0 saturated carbocycles. The van der Waals surface area contributed by atoms with Crippen molar-refractivity contribution in [2.45, 2.75) is 26.9 Å². The Morgan fingerprint density at radius 2 is 1.62 bits per heavy atom. The van der Waals surface area contributed by atoms with Gasteiger partial charge in [0.05, 0.1) is 6.61 Å². The summed E-state index contributed by atoms with van der Waals surface area (Å²) in [6, 6.07) is 8.26. The SMILES string of the molecule is CCCOCOCOCc1ccc(C)cc1. The Bertz CT molecular complexity index is 269. The van der Waals surface area contributed by atoms with E-state index >= 15 is 0 Å². The maximum atomic E-state index is 5.34. The lowest BCUT2D eigenvalue weighted by atomic mass is 10.2. The van der Waals surface area contributed by atoms with Crippen LogP contribution in [-0.2, 0) is 20.8 Å². The summed E-state index contributed by atoms with van der Waals surface area (Å²) in [5.74, 6) is 0. The molecule has 0 heterocycles. The van der Waals surface area contributed by atoms with Crippen LogP contribution >= 0.6 is 0 Å². The Hall–Kier alpha value is -0.900. The molecule has 0 aliphatic heterocycles. The van der Waals surface area contributed by atoms with Crippen LogP contribution in [0.4, 0.5) is 0 Å². The molecule has 90 valence electrons. The van der Waals surface area contributed by atoms with Crippen LogP contribution in [0.5, 0.6) is 0 Å². The second-order valence-electron chi connectivity index (χ2n) is 3.68. The number of benzene rings is 1. The second-order valence-corrected chi connectivity index (χ2v) is 3.68. The Labute approximate surface area is 97.3 Å². The van der Waals surface area contributed by atoms with E-state index in [4.69, 9.17) is 14.2 Å². The molecule has 0 unspecified atom stereocenters. The second kappa shape index (κ2) is 8.28. The number of ether oxygens (including phenoxy) is 3. The van der Waals surface area contributed by atoms with E-state index in [-0.39, 0.29) is 6.79 Å².